The molecule has 17 heavy (non-hydrogen) atoms. The molecular weight excluding hydrogens is 274 g/mol. The van der Waals surface area contributed by atoms with Gasteiger partial charge in [0.2, 0.25) is 0 Å². The lowest BCUT2D eigenvalue weighted by molar-refractivity contribution is 0.472. The molecule has 1 aromatic rings. The highest BCUT2D eigenvalue weighted by Crippen LogP contribution is 2.39. The van der Waals surface area contributed by atoms with Crippen LogP contribution in [0.15, 0.2) is 22.7 Å². The van der Waals surface area contributed by atoms with Gasteiger partial charge in [-0.1, -0.05) is 53.9 Å². The van der Waals surface area contributed by atoms with E-state index in [0.29, 0.717) is 6.04 Å². The molecule has 1 saturated carbocycles. The van der Waals surface area contributed by atoms with Gasteiger partial charge in [0.05, 0.1) is 0 Å². The standard InChI is InChI=1S/C15H22BrN/c1-3-9-17-14(10-12-7-8-12)13-6-4-5-11(2)15(13)16/h4-6,12,14,17H,3,7-10H2,1-2H3. The number of hydrogen-bond donors (Lipinski definition) is 1. The quantitative estimate of drug-likeness (QED) is 0.809. The first-order chi connectivity index (χ1) is 8.22. The van der Waals surface area contributed by atoms with Crippen LogP contribution >= 0.6 is 15.9 Å². The number of hydrogen-bond acceptors (Lipinski definition) is 1. The number of nitrogens with one attached hydrogen (secondary N) is 1. The van der Waals surface area contributed by atoms with Gasteiger partial charge in [-0.05, 0) is 43.4 Å². The molecule has 0 heterocycles. The second kappa shape index (κ2) is 6.01. The zero-order valence-electron chi connectivity index (χ0n) is 10.8. The van der Waals surface area contributed by atoms with Crippen LogP contribution in [0, 0.1) is 12.8 Å². The SMILES string of the molecule is CCCNC(CC1CC1)c1cccc(C)c1Br. The first-order valence-corrected chi connectivity index (χ1v) is 7.50. The summed E-state index contributed by atoms with van der Waals surface area (Å²) in [5, 5.41) is 3.70. The van der Waals surface area contributed by atoms with E-state index in [1.807, 2.05) is 0 Å². The Balaban J connectivity index is 2.14. The topological polar surface area (TPSA) is 12.0 Å². The summed E-state index contributed by atoms with van der Waals surface area (Å²) >= 11 is 3.74. The van der Waals surface area contributed by atoms with Crippen molar-refractivity contribution in [3.8, 4) is 0 Å². The molecule has 2 rings (SSSR count). The maximum Gasteiger partial charge on any atom is 0.0334 e. The van der Waals surface area contributed by atoms with Crippen LogP contribution in [0.1, 0.15) is 49.8 Å². The average Bonchev–Trinajstić information content (AvgIpc) is 3.12. The summed E-state index contributed by atoms with van der Waals surface area (Å²) in [7, 11) is 0. The number of halogens is 1. The van der Waals surface area contributed by atoms with Crippen LogP contribution in [0.2, 0.25) is 0 Å². The monoisotopic (exact) mass is 295 g/mol. The van der Waals surface area contributed by atoms with Crippen LogP contribution in [0.5, 0.6) is 0 Å². The smallest absolute Gasteiger partial charge is 0.0334 e. The van der Waals surface area contributed by atoms with Crippen molar-refractivity contribution < 1.29 is 0 Å². The molecule has 0 aromatic heterocycles. The predicted molar refractivity (Wildman–Crippen MR) is 77.3 cm³/mol. The second-order valence-corrected chi connectivity index (χ2v) is 5.96. The third-order valence-electron chi connectivity index (χ3n) is 3.50. The minimum atomic E-state index is 0.525. The van der Waals surface area contributed by atoms with Crippen LogP contribution in [0.25, 0.3) is 0 Å². The number of aryl methyl sites for hydroxylation is 1. The van der Waals surface area contributed by atoms with Gasteiger partial charge in [0.1, 0.15) is 0 Å². The highest BCUT2D eigenvalue weighted by Gasteiger charge is 2.26. The fraction of sp³-hybridized carbons (Fsp3) is 0.600. The molecule has 1 aliphatic rings. The minimum absolute atomic E-state index is 0.525. The third kappa shape index (κ3) is 3.56. The Hall–Kier alpha value is -0.340. The van der Waals surface area contributed by atoms with Crippen LogP contribution in [0.3, 0.4) is 0 Å². The van der Waals surface area contributed by atoms with Gasteiger partial charge in [-0.25, -0.2) is 0 Å². The first-order valence-electron chi connectivity index (χ1n) is 6.70. The molecule has 1 fully saturated rings. The Morgan fingerprint density at radius 3 is 2.82 bits per heavy atom. The molecule has 2 heteroatoms. The van der Waals surface area contributed by atoms with Gasteiger partial charge in [-0.15, -0.1) is 0 Å². The zero-order chi connectivity index (χ0) is 12.3. The molecule has 94 valence electrons. The molecular formula is C15H22BrN. The lowest BCUT2D eigenvalue weighted by Gasteiger charge is -2.21. The molecule has 1 unspecified atom stereocenters. The first kappa shape index (κ1) is 13.1. The lowest BCUT2D eigenvalue weighted by atomic mass is 9.99. The molecule has 1 N–H and O–H groups in total. The Morgan fingerprint density at radius 1 is 1.41 bits per heavy atom. The Morgan fingerprint density at radius 2 is 2.18 bits per heavy atom. The molecule has 1 aliphatic carbocycles. The Labute approximate surface area is 113 Å². The van der Waals surface area contributed by atoms with E-state index < -0.39 is 0 Å². The summed E-state index contributed by atoms with van der Waals surface area (Å²) in [6, 6.07) is 7.12. The van der Waals surface area contributed by atoms with Crippen molar-refractivity contribution in [2.45, 2.75) is 45.6 Å². The molecule has 0 spiro atoms. The molecule has 0 radical (unpaired) electrons. The minimum Gasteiger partial charge on any atom is -0.310 e. The summed E-state index contributed by atoms with van der Waals surface area (Å²) in [6.07, 6.45) is 5.34. The van der Waals surface area contributed by atoms with Gasteiger partial charge in [-0.2, -0.15) is 0 Å². The van der Waals surface area contributed by atoms with Crippen molar-refractivity contribution >= 4 is 15.9 Å². The Kier molecular flexibility index (Phi) is 4.63. The van der Waals surface area contributed by atoms with Crippen molar-refractivity contribution in [2.75, 3.05) is 6.54 Å². The van der Waals surface area contributed by atoms with Crippen LogP contribution in [0.4, 0.5) is 0 Å². The van der Waals surface area contributed by atoms with Crippen LogP contribution in [-0.2, 0) is 0 Å². The average molecular weight is 296 g/mol. The highest BCUT2D eigenvalue weighted by molar-refractivity contribution is 9.10. The number of rotatable bonds is 6. The van der Waals surface area contributed by atoms with E-state index in [2.05, 4.69) is 53.3 Å². The molecule has 0 aliphatic heterocycles. The van der Waals surface area contributed by atoms with Crippen molar-refractivity contribution in [1.29, 1.82) is 0 Å². The zero-order valence-corrected chi connectivity index (χ0v) is 12.4. The summed E-state index contributed by atoms with van der Waals surface area (Å²) in [5.74, 6) is 0.955. The summed E-state index contributed by atoms with van der Waals surface area (Å²) in [6.45, 7) is 5.51. The van der Waals surface area contributed by atoms with Crippen molar-refractivity contribution in [3.05, 3.63) is 33.8 Å². The van der Waals surface area contributed by atoms with Crippen molar-refractivity contribution in [3.63, 3.8) is 0 Å². The van der Waals surface area contributed by atoms with Crippen LogP contribution < -0.4 is 5.32 Å². The summed E-state index contributed by atoms with van der Waals surface area (Å²) in [4.78, 5) is 0. The molecule has 1 atom stereocenters. The molecule has 1 nitrogen and oxygen atoms in total. The maximum atomic E-state index is 3.74. The van der Waals surface area contributed by atoms with Gasteiger partial charge < -0.3 is 5.32 Å². The van der Waals surface area contributed by atoms with E-state index in [4.69, 9.17) is 0 Å². The van der Waals surface area contributed by atoms with E-state index in [-0.39, 0.29) is 0 Å². The van der Waals surface area contributed by atoms with Gasteiger partial charge in [-0.3, -0.25) is 0 Å². The van der Waals surface area contributed by atoms with Gasteiger partial charge in [0.25, 0.3) is 0 Å². The molecule has 0 bridgehead atoms. The van der Waals surface area contributed by atoms with Gasteiger partial charge >= 0.3 is 0 Å². The van der Waals surface area contributed by atoms with Crippen molar-refractivity contribution in [1.82, 2.24) is 5.32 Å². The summed E-state index contributed by atoms with van der Waals surface area (Å²) < 4.78 is 1.29. The highest BCUT2D eigenvalue weighted by atomic mass is 79.9. The van der Waals surface area contributed by atoms with Crippen molar-refractivity contribution in [2.24, 2.45) is 5.92 Å². The van der Waals surface area contributed by atoms with E-state index in [1.54, 1.807) is 0 Å². The van der Waals surface area contributed by atoms with Gasteiger partial charge in [0.15, 0.2) is 0 Å². The predicted octanol–water partition coefficient (Wildman–Crippen LogP) is 4.60. The lowest BCUT2D eigenvalue weighted by Crippen LogP contribution is -2.23. The van der Waals surface area contributed by atoms with Crippen LogP contribution in [-0.4, -0.2) is 6.54 Å². The largest absolute Gasteiger partial charge is 0.310 e. The normalized spacial score (nSPS) is 17.1. The second-order valence-electron chi connectivity index (χ2n) is 5.16. The summed E-state index contributed by atoms with van der Waals surface area (Å²) in [5.41, 5.74) is 2.77. The maximum absolute atomic E-state index is 3.74. The third-order valence-corrected chi connectivity index (χ3v) is 4.59. The van der Waals surface area contributed by atoms with Gasteiger partial charge in [0, 0.05) is 10.5 Å². The number of benzene rings is 1. The molecule has 0 saturated heterocycles. The fourth-order valence-corrected chi connectivity index (χ4v) is 2.81. The Bertz CT molecular complexity index is 371. The molecule has 1 aromatic carbocycles. The van der Waals surface area contributed by atoms with E-state index in [1.165, 1.54) is 41.3 Å². The van der Waals surface area contributed by atoms with E-state index in [0.717, 1.165) is 12.5 Å². The van der Waals surface area contributed by atoms with E-state index in [9.17, 15) is 0 Å². The molecule has 0 amide bonds. The fourth-order valence-electron chi connectivity index (χ4n) is 2.26. The van der Waals surface area contributed by atoms with E-state index >= 15 is 0 Å².